The molecule has 8 heteroatoms. The topological polar surface area (TPSA) is 96.3 Å². The second-order valence-corrected chi connectivity index (χ2v) is 10.4. The summed E-state index contributed by atoms with van der Waals surface area (Å²) in [6.45, 7) is 9.69. The maximum atomic E-state index is 13.0. The van der Waals surface area contributed by atoms with Gasteiger partial charge >= 0.3 is 0 Å². The molecule has 0 aliphatic heterocycles. The highest BCUT2D eigenvalue weighted by atomic mass is 32.2. The third kappa shape index (κ3) is 5.12. The average Bonchev–Trinajstić information content (AvgIpc) is 3.08. The van der Waals surface area contributed by atoms with Gasteiger partial charge < -0.3 is 0 Å². The number of nitrogens with one attached hydrogen (secondary N) is 2. The highest BCUT2D eigenvalue weighted by molar-refractivity contribution is 7.92. The molecular weight excluding hydrogens is 460 g/mol. The van der Waals surface area contributed by atoms with E-state index in [1.807, 2.05) is 58.9 Å². The number of aliphatic imine (C=N–C) groups is 1. The number of rotatable bonds is 6. The molecule has 4 rings (SSSR count). The van der Waals surface area contributed by atoms with Gasteiger partial charge in [-0.2, -0.15) is 0 Å². The Balaban J connectivity index is 1.55. The Bertz CT molecular complexity index is 1590. The van der Waals surface area contributed by atoms with E-state index in [9.17, 15) is 13.2 Å². The number of aromatic amines is 1. The van der Waals surface area contributed by atoms with Gasteiger partial charge in [-0.15, -0.1) is 0 Å². The summed E-state index contributed by atoms with van der Waals surface area (Å²) in [5, 5.41) is 3.11. The number of aromatic nitrogens is 2. The molecule has 0 bridgehead atoms. The number of nitrogens with zero attached hydrogens (tertiary/aromatic N) is 2. The number of anilines is 1. The summed E-state index contributed by atoms with van der Waals surface area (Å²) in [6.07, 6.45) is 1.50. The Morgan fingerprint density at radius 2 is 1.57 bits per heavy atom. The van der Waals surface area contributed by atoms with Crippen LogP contribution >= 0.6 is 0 Å². The summed E-state index contributed by atoms with van der Waals surface area (Å²) in [5.74, 6) is 0. The van der Waals surface area contributed by atoms with Crippen LogP contribution in [0, 0.1) is 34.6 Å². The molecule has 0 amide bonds. The molecule has 0 saturated heterocycles. The van der Waals surface area contributed by atoms with Gasteiger partial charge in [0.15, 0.2) is 0 Å². The number of benzene rings is 3. The number of H-pyrrole nitrogens is 1. The molecule has 0 fully saturated rings. The van der Waals surface area contributed by atoms with E-state index in [1.54, 1.807) is 24.3 Å². The van der Waals surface area contributed by atoms with Gasteiger partial charge in [-0.1, -0.05) is 23.8 Å². The van der Waals surface area contributed by atoms with E-state index in [-0.39, 0.29) is 10.5 Å². The van der Waals surface area contributed by atoms with Gasteiger partial charge in [0.25, 0.3) is 15.6 Å². The number of aryl methyl sites for hydroxylation is 5. The molecule has 0 unspecified atom stereocenters. The third-order valence-corrected chi connectivity index (χ3v) is 7.36. The van der Waals surface area contributed by atoms with E-state index >= 15 is 0 Å². The van der Waals surface area contributed by atoms with Crippen molar-refractivity contribution in [1.82, 2.24) is 9.78 Å². The van der Waals surface area contributed by atoms with E-state index in [1.165, 1.54) is 23.0 Å². The van der Waals surface area contributed by atoms with Crippen molar-refractivity contribution < 1.29 is 8.42 Å². The van der Waals surface area contributed by atoms with Crippen LogP contribution in [0.5, 0.6) is 0 Å². The van der Waals surface area contributed by atoms with Gasteiger partial charge in [-0.05, 0) is 93.8 Å². The van der Waals surface area contributed by atoms with E-state index in [0.717, 1.165) is 27.9 Å². The lowest BCUT2D eigenvalue weighted by molar-refractivity contribution is 0.601. The van der Waals surface area contributed by atoms with Crippen molar-refractivity contribution in [3.8, 4) is 5.69 Å². The minimum absolute atomic E-state index is 0.129. The Morgan fingerprint density at radius 1 is 0.857 bits per heavy atom. The van der Waals surface area contributed by atoms with Gasteiger partial charge in [0, 0.05) is 17.6 Å². The standard InChI is InChI=1S/C27H28N4O3S/c1-17-6-13-26(20(4)14-17)31-27(32)25(21(5)29-31)16-28-22-9-11-24(12-10-22)35(33,34)30-23-8-7-18(2)19(3)15-23/h6-16,29-30H,1-5H3. The summed E-state index contributed by atoms with van der Waals surface area (Å²) in [7, 11) is -3.73. The fraction of sp³-hybridized carbons (Fsp3) is 0.185. The molecule has 7 nitrogen and oxygen atoms in total. The first-order chi connectivity index (χ1) is 16.5. The highest BCUT2D eigenvalue weighted by Crippen LogP contribution is 2.21. The zero-order chi connectivity index (χ0) is 25.3. The molecule has 1 aromatic heterocycles. The molecule has 0 aliphatic carbocycles. The third-order valence-electron chi connectivity index (χ3n) is 5.96. The van der Waals surface area contributed by atoms with Crippen LogP contribution in [0.1, 0.15) is 33.5 Å². The van der Waals surface area contributed by atoms with Gasteiger partial charge in [-0.25, -0.2) is 13.1 Å². The molecule has 35 heavy (non-hydrogen) atoms. The zero-order valence-corrected chi connectivity index (χ0v) is 21.2. The molecule has 0 spiro atoms. The Kier molecular flexibility index (Phi) is 6.49. The van der Waals surface area contributed by atoms with Crippen LogP contribution in [-0.2, 0) is 10.0 Å². The van der Waals surface area contributed by atoms with Crippen LogP contribution in [0.4, 0.5) is 11.4 Å². The predicted octanol–water partition coefficient (Wildman–Crippen LogP) is 5.26. The number of hydrogen-bond acceptors (Lipinski definition) is 4. The smallest absolute Gasteiger partial charge is 0.280 e. The fourth-order valence-corrected chi connectivity index (χ4v) is 4.86. The first kappa shape index (κ1) is 24.2. The van der Waals surface area contributed by atoms with Crippen LogP contribution in [0.25, 0.3) is 5.69 Å². The maximum Gasteiger partial charge on any atom is 0.280 e. The van der Waals surface area contributed by atoms with E-state index in [4.69, 9.17) is 0 Å². The molecular formula is C27H28N4O3S. The van der Waals surface area contributed by atoms with Crippen molar-refractivity contribution >= 4 is 27.6 Å². The molecule has 0 aliphatic rings. The first-order valence-electron chi connectivity index (χ1n) is 11.2. The second-order valence-electron chi connectivity index (χ2n) is 8.74. The van der Waals surface area contributed by atoms with E-state index < -0.39 is 10.0 Å². The van der Waals surface area contributed by atoms with Gasteiger partial charge in [-0.3, -0.25) is 19.6 Å². The van der Waals surface area contributed by atoms with Crippen molar-refractivity contribution in [2.24, 2.45) is 4.99 Å². The molecule has 0 saturated carbocycles. The zero-order valence-electron chi connectivity index (χ0n) is 20.4. The minimum Gasteiger partial charge on any atom is -0.295 e. The van der Waals surface area contributed by atoms with Crippen LogP contribution < -0.4 is 10.3 Å². The van der Waals surface area contributed by atoms with Crippen molar-refractivity contribution in [2.45, 2.75) is 39.5 Å². The monoisotopic (exact) mass is 488 g/mol. The maximum absolute atomic E-state index is 13.0. The van der Waals surface area contributed by atoms with Crippen molar-refractivity contribution in [1.29, 1.82) is 0 Å². The molecule has 0 atom stereocenters. The molecule has 2 N–H and O–H groups in total. The number of sulfonamides is 1. The summed E-state index contributed by atoms with van der Waals surface area (Å²) in [6, 6.07) is 17.5. The van der Waals surface area contributed by atoms with Crippen molar-refractivity contribution in [2.75, 3.05) is 4.72 Å². The summed E-state index contributed by atoms with van der Waals surface area (Å²) >= 11 is 0. The summed E-state index contributed by atoms with van der Waals surface area (Å²) in [4.78, 5) is 17.5. The highest BCUT2D eigenvalue weighted by Gasteiger charge is 2.15. The lowest BCUT2D eigenvalue weighted by Crippen LogP contribution is -2.18. The fourth-order valence-electron chi connectivity index (χ4n) is 3.81. The summed E-state index contributed by atoms with van der Waals surface area (Å²) < 4.78 is 29.7. The van der Waals surface area contributed by atoms with Gasteiger partial charge in [0.05, 0.1) is 21.8 Å². The lowest BCUT2D eigenvalue weighted by atomic mass is 10.1. The minimum atomic E-state index is -3.73. The lowest BCUT2D eigenvalue weighted by Gasteiger charge is -2.10. The van der Waals surface area contributed by atoms with Crippen LogP contribution in [-0.4, -0.2) is 24.4 Å². The molecule has 4 aromatic rings. The summed E-state index contributed by atoms with van der Waals surface area (Å²) in [5.41, 5.74) is 6.98. The van der Waals surface area contributed by atoms with Crippen molar-refractivity contribution in [3.05, 3.63) is 105 Å². The Morgan fingerprint density at radius 3 is 2.23 bits per heavy atom. The van der Waals surface area contributed by atoms with Crippen LogP contribution in [0.15, 0.2) is 75.3 Å². The quantitative estimate of drug-likeness (QED) is 0.362. The molecule has 0 radical (unpaired) electrons. The molecule has 180 valence electrons. The Labute approximate surface area is 205 Å². The molecule has 1 heterocycles. The van der Waals surface area contributed by atoms with Crippen LogP contribution in [0.3, 0.4) is 0 Å². The van der Waals surface area contributed by atoms with Gasteiger partial charge in [0.1, 0.15) is 0 Å². The van der Waals surface area contributed by atoms with E-state index in [0.29, 0.717) is 22.6 Å². The predicted molar refractivity (Wildman–Crippen MR) is 141 cm³/mol. The molecule has 3 aromatic carbocycles. The Hall–Kier alpha value is -3.91. The second kappa shape index (κ2) is 9.38. The van der Waals surface area contributed by atoms with E-state index in [2.05, 4.69) is 14.8 Å². The first-order valence-corrected chi connectivity index (χ1v) is 12.7. The van der Waals surface area contributed by atoms with Gasteiger partial charge in [0.2, 0.25) is 0 Å². The average molecular weight is 489 g/mol. The largest absolute Gasteiger partial charge is 0.295 e. The number of hydrogen-bond donors (Lipinski definition) is 2. The normalized spacial score (nSPS) is 11.8. The van der Waals surface area contributed by atoms with Crippen LogP contribution in [0.2, 0.25) is 0 Å². The van der Waals surface area contributed by atoms with Crippen molar-refractivity contribution in [3.63, 3.8) is 0 Å². The SMILES string of the molecule is Cc1ccc(-n2[nH]c(C)c(C=Nc3ccc(S(=O)(=O)Nc4ccc(C)c(C)c4)cc3)c2=O)c(C)c1.